The van der Waals surface area contributed by atoms with Crippen LogP contribution in [0.25, 0.3) is 0 Å². The Morgan fingerprint density at radius 1 is 1.04 bits per heavy atom. The summed E-state index contributed by atoms with van der Waals surface area (Å²) in [4.78, 5) is 23.6. The lowest BCUT2D eigenvalue weighted by atomic mass is 10.0. The minimum atomic E-state index is -0.705. The molecule has 0 aliphatic rings. The number of hydrogen-bond donors (Lipinski definition) is 3. The molecule has 0 aromatic heterocycles. The highest BCUT2D eigenvalue weighted by molar-refractivity contribution is 6.31. The number of benzene rings is 2. The van der Waals surface area contributed by atoms with Crippen molar-refractivity contribution in [2.45, 2.75) is 25.4 Å². The lowest BCUT2D eigenvalue weighted by Gasteiger charge is -2.21. The van der Waals surface area contributed by atoms with E-state index in [1.165, 1.54) is 0 Å². The highest BCUT2D eigenvalue weighted by Gasteiger charge is 2.20. The quantitative estimate of drug-likeness (QED) is 0.750. The van der Waals surface area contributed by atoms with Crippen LogP contribution in [-0.2, 0) is 4.79 Å². The van der Waals surface area contributed by atoms with Crippen molar-refractivity contribution in [3.05, 3.63) is 70.7 Å². The SMILES string of the molecule is C[C@H](NC(=O)C[C@@H](NC(N)=O)c1ccccc1Cl)c1ccccc1. The number of carbonyl (C=O) groups excluding carboxylic acids is 2. The molecule has 6 heteroatoms. The first kappa shape index (κ1) is 17.8. The fraction of sp³-hybridized carbons (Fsp3) is 0.222. The van der Waals surface area contributed by atoms with Gasteiger partial charge in [0.1, 0.15) is 0 Å². The van der Waals surface area contributed by atoms with Crippen LogP contribution in [0.1, 0.15) is 36.6 Å². The van der Waals surface area contributed by atoms with Crippen molar-refractivity contribution >= 4 is 23.5 Å². The summed E-state index contributed by atoms with van der Waals surface area (Å²) in [5.41, 5.74) is 6.88. The summed E-state index contributed by atoms with van der Waals surface area (Å²) in [6.07, 6.45) is 0.0455. The molecule has 2 aromatic carbocycles. The molecule has 0 aliphatic carbocycles. The van der Waals surface area contributed by atoms with Gasteiger partial charge in [-0.2, -0.15) is 0 Å². The topological polar surface area (TPSA) is 84.2 Å². The van der Waals surface area contributed by atoms with Crippen LogP contribution >= 0.6 is 11.6 Å². The van der Waals surface area contributed by atoms with Crippen LogP contribution in [0.15, 0.2) is 54.6 Å². The number of amides is 3. The number of nitrogens with one attached hydrogen (secondary N) is 2. The molecule has 2 atom stereocenters. The lowest BCUT2D eigenvalue weighted by molar-refractivity contribution is -0.122. The summed E-state index contributed by atoms with van der Waals surface area (Å²) in [5.74, 6) is -0.204. The Labute approximate surface area is 146 Å². The van der Waals surface area contributed by atoms with Gasteiger partial charge in [0.25, 0.3) is 0 Å². The van der Waals surface area contributed by atoms with Crippen LogP contribution in [0, 0.1) is 0 Å². The van der Waals surface area contributed by atoms with Crippen molar-refractivity contribution in [1.29, 1.82) is 0 Å². The van der Waals surface area contributed by atoms with Crippen molar-refractivity contribution in [3.63, 3.8) is 0 Å². The Hall–Kier alpha value is -2.53. The number of hydrogen-bond acceptors (Lipinski definition) is 2. The van der Waals surface area contributed by atoms with Gasteiger partial charge in [-0.1, -0.05) is 60.1 Å². The second-order valence-corrected chi connectivity index (χ2v) is 5.89. The third kappa shape index (κ3) is 4.99. The Balaban J connectivity index is 2.07. The van der Waals surface area contributed by atoms with Crippen molar-refractivity contribution in [1.82, 2.24) is 10.6 Å². The van der Waals surface area contributed by atoms with E-state index in [1.807, 2.05) is 37.3 Å². The van der Waals surface area contributed by atoms with E-state index < -0.39 is 12.1 Å². The molecular formula is C18H20ClN3O2. The zero-order valence-electron chi connectivity index (χ0n) is 13.3. The van der Waals surface area contributed by atoms with Gasteiger partial charge in [0.15, 0.2) is 0 Å². The number of urea groups is 1. The van der Waals surface area contributed by atoms with Gasteiger partial charge in [-0.05, 0) is 24.1 Å². The molecule has 0 saturated carbocycles. The van der Waals surface area contributed by atoms with Crippen LogP contribution < -0.4 is 16.4 Å². The number of primary amides is 1. The summed E-state index contributed by atoms with van der Waals surface area (Å²) in [6, 6.07) is 15.2. The van der Waals surface area contributed by atoms with E-state index in [2.05, 4.69) is 10.6 Å². The zero-order chi connectivity index (χ0) is 17.5. The summed E-state index contributed by atoms with van der Waals surface area (Å²) in [5, 5.41) is 5.96. The van der Waals surface area contributed by atoms with E-state index in [9.17, 15) is 9.59 Å². The van der Waals surface area contributed by atoms with Crippen LogP contribution in [0.5, 0.6) is 0 Å². The van der Waals surface area contributed by atoms with Gasteiger partial charge in [-0.3, -0.25) is 4.79 Å². The maximum Gasteiger partial charge on any atom is 0.312 e. The molecule has 0 bridgehead atoms. The third-order valence-corrected chi connectivity index (χ3v) is 4.01. The van der Waals surface area contributed by atoms with E-state index >= 15 is 0 Å². The van der Waals surface area contributed by atoms with Crippen LogP contribution in [0.4, 0.5) is 4.79 Å². The minimum Gasteiger partial charge on any atom is -0.352 e. The first-order chi connectivity index (χ1) is 11.5. The van der Waals surface area contributed by atoms with Gasteiger partial charge in [-0.25, -0.2) is 4.79 Å². The van der Waals surface area contributed by atoms with Crippen molar-refractivity contribution < 1.29 is 9.59 Å². The summed E-state index contributed by atoms with van der Waals surface area (Å²) < 4.78 is 0. The fourth-order valence-corrected chi connectivity index (χ4v) is 2.75. The van der Waals surface area contributed by atoms with E-state index in [-0.39, 0.29) is 18.4 Å². The molecule has 3 amide bonds. The van der Waals surface area contributed by atoms with Gasteiger partial charge in [0, 0.05) is 5.02 Å². The maximum atomic E-state index is 12.4. The fourth-order valence-electron chi connectivity index (χ4n) is 2.48. The molecule has 2 rings (SSSR count). The molecule has 2 aromatic rings. The van der Waals surface area contributed by atoms with Gasteiger partial charge >= 0.3 is 6.03 Å². The average Bonchev–Trinajstić information content (AvgIpc) is 2.55. The van der Waals surface area contributed by atoms with Crippen molar-refractivity contribution in [3.8, 4) is 0 Å². The molecule has 0 spiro atoms. The summed E-state index contributed by atoms with van der Waals surface area (Å²) in [7, 11) is 0. The lowest BCUT2D eigenvalue weighted by Crippen LogP contribution is -2.37. The second kappa shape index (κ2) is 8.36. The number of carbonyl (C=O) groups is 2. The van der Waals surface area contributed by atoms with E-state index in [0.29, 0.717) is 10.6 Å². The van der Waals surface area contributed by atoms with Gasteiger partial charge < -0.3 is 16.4 Å². The average molecular weight is 346 g/mol. The Kier molecular flexibility index (Phi) is 6.21. The molecule has 24 heavy (non-hydrogen) atoms. The van der Waals surface area contributed by atoms with Crippen molar-refractivity contribution in [2.24, 2.45) is 5.73 Å². The molecule has 0 heterocycles. The smallest absolute Gasteiger partial charge is 0.312 e. The molecule has 0 saturated heterocycles. The van der Waals surface area contributed by atoms with Gasteiger partial charge in [0.05, 0.1) is 18.5 Å². The maximum absolute atomic E-state index is 12.4. The monoisotopic (exact) mass is 345 g/mol. The molecule has 0 fully saturated rings. The predicted molar refractivity (Wildman–Crippen MR) is 94.5 cm³/mol. The third-order valence-electron chi connectivity index (χ3n) is 3.66. The first-order valence-corrected chi connectivity index (χ1v) is 8.00. The summed E-state index contributed by atoms with van der Waals surface area (Å²) in [6.45, 7) is 1.90. The van der Waals surface area contributed by atoms with E-state index in [0.717, 1.165) is 5.56 Å². The van der Waals surface area contributed by atoms with Crippen LogP contribution in [0.3, 0.4) is 0 Å². The van der Waals surface area contributed by atoms with Crippen LogP contribution in [0.2, 0.25) is 5.02 Å². The number of halogens is 1. The van der Waals surface area contributed by atoms with Crippen LogP contribution in [-0.4, -0.2) is 11.9 Å². The normalized spacial score (nSPS) is 12.9. The molecule has 0 aliphatic heterocycles. The number of nitrogens with two attached hydrogens (primary N) is 1. The van der Waals surface area contributed by atoms with E-state index in [1.54, 1.807) is 24.3 Å². The second-order valence-electron chi connectivity index (χ2n) is 5.49. The van der Waals surface area contributed by atoms with Gasteiger partial charge in [-0.15, -0.1) is 0 Å². The zero-order valence-corrected chi connectivity index (χ0v) is 14.1. The molecule has 4 N–H and O–H groups in total. The highest BCUT2D eigenvalue weighted by Crippen LogP contribution is 2.25. The van der Waals surface area contributed by atoms with Crippen molar-refractivity contribution in [2.75, 3.05) is 0 Å². The molecule has 5 nitrogen and oxygen atoms in total. The predicted octanol–water partition coefficient (Wildman–Crippen LogP) is 3.32. The Bertz CT molecular complexity index is 706. The highest BCUT2D eigenvalue weighted by atomic mass is 35.5. The Morgan fingerprint density at radius 3 is 2.29 bits per heavy atom. The molecule has 0 unspecified atom stereocenters. The Morgan fingerprint density at radius 2 is 1.67 bits per heavy atom. The molecule has 0 radical (unpaired) electrons. The minimum absolute atomic E-state index is 0.0455. The summed E-state index contributed by atoms with van der Waals surface area (Å²) >= 11 is 6.16. The van der Waals surface area contributed by atoms with Gasteiger partial charge in [0.2, 0.25) is 5.91 Å². The van der Waals surface area contributed by atoms with E-state index in [4.69, 9.17) is 17.3 Å². The first-order valence-electron chi connectivity index (χ1n) is 7.62. The molecular weight excluding hydrogens is 326 g/mol. The standard InChI is InChI=1S/C18H20ClN3O2/c1-12(13-7-3-2-4-8-13)21-17(23)11-16(22-18(20)24)14-9-5-6-10-15(14)19/h2-10,12,16H,11H2,1H3,(H,21,23)(H3,20,22,24)/t12-,16+/m0/s1. The number of rotatable bonds is 6. The largest absolute Gasteiger partial charge is 0.352 e. The molecule has 126 valence electrons.